The van der Waals surface area contributed by atoms with Gasteiger partial charge < -0.3 is 9.47 Å². The van der Waals surface area contributed by atoms with Gasteiger partial charge in [-0.15, -0.1) is 11.3 Å². The summed E-state index contributed by atoms with van der Waals surface area (Å²) >= 11 is 1.28. The van der Waals surface area contributed by atoms with E-state index >= 15 is 0 Å². The van der Waals surface area contributed by atoms with Crippen molar-refractivity contribution in [1.82, 2.24) is 9.29 Å². The zero-order chi connectivity index (χ0) is 27.6. The largest absolute Gasteiger partial charge is 0.488 e. The summed E-state index contributed by atoms with van der Waals surface area (Å²) in [5.74, 6) is -0.548. The van der Waals surface area contributed by atoms with Crippen LogP contribution >= 0.6 is 11.3 Å². The first-order chi connectivity index (χ1) is 18.0. The van der Waals surface area contributed by atoms with E-state index in [2.05, 4.69) is 4.98 Å². The third-order valence-corrected chi connectivity index (χ3v) is 10.00. The van der Waals surface area contributed by atoms with Crippen LogP contribution in [0.2, 0.25) is 0 Å². The lowest BCUT2D eigenvalue weighted by atomic mass is 9.93. The van der Waals surface area contributed by atoms with Crippen molar-refractivity contribution >= 4 is 33.1 Å². The molecule has 0 saturated carbocycles. The van der Waals surface area contributed by atoms with E-state index in [1.165, 1.54) is 29.7 Å². The molecule has 0 aliphatic carbocycles. The number of thiazole rings is 1. The Morgan fingerprint density at radius 3 is 2.61 bits per heavy atom. The summed E-state index contributed by atoms with van der Waals surface area (Å²) in [5, 5.41) is 0.642. The van der Waals surface area contributed by atoms with Crippen molar-refractivity contribution in [2.24, 2.45) is 0 Å². The standard InChI is InChI=1S/C28H32N2O6S2/c1-6-22-16-30(38(33,34)25-10-8-7-9-24(25)36-22)15-21-13-20(12-11-17(21)2)23(14-26(32)35-5)28-29-18(3)27(37-28)19(4)31/h7-13,22-23H,6,14-16H2,1-5H3/t22-,23?/m1/s1. The molecule has 2 atom stereocenters. The highest BCUT2D eigenvalue weighted by Crippen LogP contribution is 2.36. The molecule has 1 aromatic heterocycles. The lowest BCUT2D eigenvalue weighted by molar-refractivity contribution is -0.140. The molecule has 0 spiro atoms. The highest BCUT2D eigenvalue weighted by atomic mass is 32.2. The van der Waals surface area contributed by atoms with Gasteiger partial charge in [-0.1, -0.05) is 37.3 Å². The van der Waals surface area contributed by atoms with Gasteiger partial charge in [0.25, 0.3) is 0 Å². The number of rotatable bonds is 8. The minimum absolute atomic E-state index is 0.0461. The van der Waals surface area contributed by atoms with Gasteiger partial charge in [-0.25, -0.2) is 13.4 Å². The Kier molecular flexibility index (Phi) is 8.34. The Morgan fingerprint density at radius 2 is 1.95 bits per heavy atom. The fourth-order valence-electron chi connectivity index (χ4n) is 4.56. The number of carbonyl (C=O) groups is 2. The highest BCUT2D eigenvalue weighted by Gasteiger charge is 2.34. The zero-order valence-corrected chi connectivity index (χ0v) is 23.8. The molecule has 3 aromatic rings. The lowest BCUT2D eigenvalue weighted by Crippen LogP contribution is -2.36. The summed E-state index contributed by atoms with van der Waals surface area (Å²) in [6.07, 6.45) is 0.416. The second-order valence-electron chi connectivity index (χ2n) is 9.43. The Hall–Kier alpha value is -3.08. The molecule has 2 aromatic carbocycles. The molecule has 0 bridgehead atoms. The maximum Gasteiger partial charge on any atom is 0.306 e. The van der Waals surface area contributed by atoms with E-state index in [-0.39, 0.29) is 36.3 Å². The Bertz CT molecular complexity index is 1460. The van der Waals surface area contributed by atoms with E-state index in [0.717, 1.165) is 16.7 Å². The molecule has 10 heteroatoms. The number of carbonyl (C=O) groups excluding carboxylic acids is 2. The van der Waals surface area contributed by atoms with Gasteiger partial charge in [0.05, 0.1) is 30.6 Å². The van der Waals surface area contributed by atoms with Crippen molar-refractivity contribution in [2.45, 2.75) is 64.0 Å². The Balaban J connectivity index is 1.75. The van der Waals surface area contributed by atoms with Gasteiger partial charge in [0.15, 0.2) is 5.78 Å². The predicted octanol–water partition coefficient (Wildman–Crippen LogP) is 5.02. The number of ether oxygens (including phenoxy) is 2. The molecule has 0 radical (unpaired) electrons. The first kappa shape index (κ1) is 27.9. The number of ketones is 1. The van der Waals surface area contributed by atoms with E-state index in [4.69, 9.17) is 9.47 Å². The van der Waals surface area contributed by atoms with Crippen molar-refractivity contribution in [2.75, 3.05) is 13.7 Å². The fourth-order valence-corrected chi connectivity index (χ4v) is 7.22. The van der Waals surface area contributed by atoms with Gasteiger partial charge >= 0.3 is 5.97 Å². The van der Waals surface area contributed by atoms with Crippen molar-refractivity contribution in [3.8, 4) is 5.75 Å². The van der Waals surface area contributed by atoms with Crippen molar-refractivity contribution in [1.29, 1.82) is 0 Å². The summed E-state index contributed by atoms with van der Waals surface area (Å²) < 4.78 is 39.8. The van der Waals surface area contributed by atoms with Crippen molar-refractivity contribution in [3.63, 3.8) is 0 Å². The number of sulfonamides is 1. The number of benzene rings is 2. The van der Waals surface area contributed by atoms with Gasteiger partial charge in [0, 0.05) is 19.4 Å². The van der Waals surface area contributed by atoms with E-state index in [9.17, 15) is 18.0 Å². The number of Topliss-reactive ketones (excluding diaryl/α,β-unsaturated/α-hetero) is 1. The van der Waals surface area contributed by atoms with Crippen LogP contribution in [0.3, 0.4) is 0 Å². The number of aryl methyl sites for hydroxylation is 2. The molecule has 8 nitrogen and oxygen atoms in total. The number of hydrogen-bond donors (Lipinski definition) is 0. The van der Waals surface area contributed by atoms with Gasteiger partial charge in [-0.05, 0) is 49.1 Å². The van der Waals surface area contributed by atoms with Gasteiger partial charge in [0.2, 0.25) is 10.0 Å². The molecule has 0 N–H and O–H groups in total. The average Bonchev–Trinajstić information content (AvgIpc) is 3.24. The van der Waals surface area contributed by atoms with E-state index < -0.39 is 21.9 Å². The minimum Gasteiger partial charge on any atom is -0.488 e. The summed E-state index contributed by atoms with van der Waals surface area (Å²) in [6.45, 7) is 7.55. The number of hydrogen-bond acceptors (Lipinski definition) is 8. The summed E-state index contributed by atoms with van der Waals surface area (Å²) in [5.41, 5.74) is 3.16. The fraction of sp³-hybridized carbons (Fsp3) is 0.393. The van der Waals surface area contributed by atoms with E-state index in [1.54, 1.807) is 31.2 Å². The van der Waals surface area contributed by atoms with Gasteiger partial charge in [0.1, 0.15) is 21.8 Å². The molecule has 202 valence electrons. The first-order valence-corrected chi connectivity index (χ1v) is 14.7. The van der Waals surface area contributed by atoms with Crippen LogP contribution in [0.1, 0.15) is 69.7 Å². The third kappa shape index (κ3) is 5.67. The summed E-state index contributed by atoms with van der Waals surface area (Å²) in [6, 6.07) is 12.5. The second-order valence-corrected chi connectivity index (χ2v) is 12.4. The van der Waals surface area contributed by atoms with Crippen LogP contribution in [0.25, 0.3) is 0 Å². The SMILES string of the molecule is CC[C@@H]1CN(Cc2cc(C(CC(=O)OC)c3nc(C)c(C(C)=O)s3)ccc2C)S(=O)(=O)c2ccccc2O1. The quantitative estimate of drug-likeness (QED) is 0.284. The van der Waals surface area contributed by atoms with Gasteiger partial charge in [-0.3, -0.25) is 9.59 Å². The second kappa shape index (κ2) is 11.3. The zero-order valence-electron chi connectivity index (χ0n) is 22.2. The number of aromatic nitrogens is 1. The number of methoxy groups -OCH3 is 1. The molecule has 0 saturated heterocycles. The van der Waals surface area contributed by atoms with Crippen LogP contribution in [0.15, 0.2) is 47.4 Å². The number of nitrogens with zero attached hydrogens (tertiary/aromatic N) is 2. The van der Waals surface area contributed by atoms with Crippen molar-refractivity contribution in [3.05, 3.63) is 74.7 Å². The smallest absolute Gasteiger partial charge is 0.306 e. The molecule has 2 heterocycles. The maximum absolute atomic E-state index is 13.7. The molecule has 1 aliphatic rings. The summed E-state index contributed by atoms with van der Waals surface area (Å²) in [4.78, 5) is 29.8. The van der Waals surface area contributed by atoms with Crippen LogP contribution in [-0.2, 0) is 26.1 Å². The van der Waals surface area contributed by atoms with E-state index in [0.29, 0.717) is 27.7 Å². The number of esters is 1. The van der Waals surface area contributed by atoms with Crippen LogP contribution in [0.5, 0.6) is 5.75 Å². The topological polar surface area (TPSA) is 103 Å². The van der Waals surface area contributed by atoms with Crippen LogP contribution in [0, 0.1) is 13.8 Å². The lowest BCUT2D eigenvalue weighted by Gasteiger charge is -2.24. The molecule has 38 heavy (non-hydrogen) atoms. The molecular formula is C28H32N2O6S2. The molecule has 1 unspecified atom stereocenters. The Morgan fingerprint density at radius 1 is 1.21 bits per heavy atom. The Labute approximate surface area is 227 Å². The monoisotopic (exact) mass is 556 g/mol. The molecule has 1 aliphatic heterocycles. The third-order valence-electron chi connectivity index (χ3n) is 6.77. The van der Waals surface area contributed by atoms with Crippen molar-refractivity contribution < 1.29 is 27.5 Å². The summed E-state index contributed by atoms with van der Waals surface area (Å²) in [7, 11) is -2.48. The maximum atomic E-state index is 13.7. The average molecular weight is 557 g/mol. The first-order valence-electron chi connectivity index (χ1n) is 12.5. The highest BCUT2D eigenvalue weighted by molar-refractivity contribution is 7.89. The molecule has 0 fully saturated rings. The minimum atomic E-state index is -3.81. The normalized spacial score (nSPS) is 17.7. The molecule has 0 amide bonds. The molecular weight excluding hydrogens is 524 g/mol. The predicted molar refractivity (Wildman–Crippen MR) is 145 cm³/mol. The van der Waals surface area contributed by atoms with E-state index in [1.807, 2.05) is 32.0 Å². The number of para-hydroxylation sites is 1. The van der Waals surface area contributed by atoms with Crippen LogP contribution in [-0.4, -0.2) is 49.2 Å². The number of fused-ring (bicyclic) bond motifs is 1. The molecule has 4 rings (SSSR count). The van der Waals surface area contributed by atoms with Crippen LogP contribution < -0.4 is 4.74 Å². The van der Waals surface area contributed by atoms with Gasteiger partial charge in [-0.2, -0.15) is 4.31 Å². The van der Waals surface area contributed by atoms with Crippen LogP contribution in [0.4, 0.5) is 0 Å².